The lowest BCUT2D eigenvalue weighted by Crippen LogP contribution is -2.32. The summed E-state index contributed by atoms with van der Waals surface area (Å²) >= 11 is 0. The van der Waals surface area contributed by atoms with Crippen LogP contribution in [0, 0.1) is 0 Å². The first-order valence-electron chi connectivity index (χ1n) is 9.75. The van der Waals surface area contributed by atoms with E-state index in [9.17, 15) is 19.2 Å². The highest BCUT2D eigenvalue weighted by Gasteiger charge is 2.22. The Bertz CT molecular complexity index is 991. The maximum Gasteiger partial charge on any atom is 0.325 e. The highest BCUT2D eigenvalue weighted by Crippen LogP contribution is 2.24. The molecule has 3 amide bonds. The molecule has 9 heteroatoms. The van der Waals surface area contributed by atoms with Gasteiger partial charge in [0.1, 0.15) is 12.3 Å². The molecule has 0 aromatic heterocycles. The number of nitrogens with zero attached hydrogens (tertiary/aromatic N) is 1. The zero-order valence-corrected chi connectivity index (χ0v) is 17.1. The lowest BCUT2D eigenvalue weighted by molar-refractivity contribution is -0.146. The molecule has 1 saturated heterocycles. The molecule has 9 nitrogen and oxygen atoms in total. The first-order chi connectivity index (χ1) is 15.0. The van der Waals surface area contributed by atoms with E-state index >= 15 is 0 Å². The van der Waals surface area contributed by atoms with Crippen LogP contribution in [0.15, 0.2) is 48.5 Å². The third-order valence-corrected chi connectivity index (χ3v) is 4.62. The first kappa shape index (κ1) is 21.8. The minimum atomic E-state index is -0.755. The van der Waals surface area contributed by atoms with Gasteiger partial charge in [0.2, 0.25) is 5.91 Å². The first-order valence-corrected chi connectivity index (χ1v) is 9.75. The maximum absolute atomic E-state index is 12.2. The molecule has 0 radical (unpaired) electrons. The van der Waals surface area contributed by atoms with Gasteiger partial charge in [-0.3, -0.25) is 19.2 Å². The predicted molar refractivity (Wildman–Crippen MR) is 113 cm³/mol. The number of esters is 1. The predicted octanol–water partition coefficient (Wildman–Crippen LogP) is 1.73. The van der Waals surface area contributed by atoms with E-state index in [0.29, 0.717) is 30.1 Å². The van der Waals surface area contributed by atoms with Crippen LogP contribution >= 0.6 is 0 Å². The Morgan fingerprint density at radius 2 is 1.90 bits per heavy atom. The smallest absolute Gasteiger partial charge is 0.325 e. The van der Waals surface area contributed by atoms with Gasteiger partial charge < -0.3 is 25.0 Å². The Kier molecular flexibility index (Phi) is 7.21. The number of amides is 3. The van der Waals surface area contributed by atoms with E-state index < -0.39 is 30.9 Å². The average Bonchev–Trinajstić information content (AvgIpc) is 3.22. The van der Waals surface area contributed by atoms with Crippen LogP contribution in [0.3, 0.4) is 0 Å². The SMILES string of the molecule is COc1ccccc1C(=O)NCC(=O)OCC(=O)Nc1cccc(N2CCCC2=O)c1. The van der Waals surface area contributed by atoms with E-state index in [0.717, 1.165) is 6.42 Å². The number of hydrogen-bond donors (Lipinski definition) is 2. The molecule has 3 rings (SSSR count). The van der Waals surface area contributed by atoms with E-state index in [4.69, 9.17) is 9.47 Å². The van der Waals surface area contributed by atoms with Crippen molar-refractivity contribution in [2.45, 2.75) is 12.8 Å². The van der Waals surface area contributed by atoms with Gasteiger partial charge >= 0.3 is 5.97 Å². The molecule has 2 aromatic rings. The van der Waals surface area contributed by atoms with Crippen molar-refractivity contribution in [3.05, 3.63) is 54.1 Å². The summed E-state index contributed by atoms with van der Waals surface area (Å²) in [7, 11) is 1.44. The molecular formula is C22H23N3O6. The molecule has 1 fully saturated rings. The summed E-state index contributed by atoms with van der Waals surface area (Å²) < 4.78 is 10.0. The molecule has 0 unspecified atom stereocenters. The molecule has 0 aliphatic carbocycles. The van der Waals surface area contributed by atoms with Crippen LogP contribution in [0.2, 0.25) is 0 Å². The second kappa shape index (κ2) is 10.2. The molecule has 0 bridgehead atoms. The number of para-hydroxylation sites is 1. The summed E-state index contributed by atoms with van der Waals surface area (Å²) in [4.78, 5) is 49.6. The van der Waals surface area contributed by atoms with Gasteiger partial charge in [0.25, 0.3) is 11.8 Å². The van der Waals surface area contributed by atoms with Crippen LogP contribution in [0.4, 0.5) is 11.4 Å². The highest BCUT2D eigenvalue weighted by molar-refractivity contribution is 5.99. The fourth-order valence-electron chi connectivity index (χ4n) is 3.15. The van der Waals surface area contributed by atoms with Gasteiger partial charge in [0.15, 0.2) is 6.61 Å². The van der Waals surface area contributed by atoms with Crippen LogP contribution in [-0.4, -0.2) is 50.5 Å². The van der Waals surface area contributed by atoms with Gasteiger partial charge in [-0.15, -0.1) is 0 Å². The zero-order chi connectivity index (χ0) is 22.2. The van der Waals surface area contributed by atoms with E-state index in [1.165, 1.54) is 7.11 Å². The Balaban J connectivity index is 1.45. The largest absolute Gasteiger partial charge is 0.496 e. The van der Waals surface area contributed by atoms with Crippen molar-refractivity contribution in [1.82, 2.24) is 5.32 Å². The van der Waals surface area contributed by atoms with Gasteiger partial charge in [-0.25, -0.2) is 0 Å². The molecule has 0 atom stereocenters. The normalized spacial score (nSPS) is 12.9. The van der Waals surface area contributed by atoms with Crippen molar-refractivity contribution in [3.63, 3.8) is 0 Å². The Morgan fingerprint density at radius 3 is 2.65 bits per heavy atom. The van der Waals surface area contributed by atoms with Crippen LogP contribution in [0.1, 0.15) is 23.2 Å². The van der Waals surface area contributed by atoms with Gasteiger partial charge in [-0.05, 0) is 36.8 Å². The van der Waals surface area contributed by atoms with Crippen molar-refractivity contribution in [2.24, 2.45) is 0 Å². The molecule has 162 valence electrons. The topological polar surface area (TPSA) is 114 Å². The fraction of sp³-hybridized carbons (Fsp3) is 0.273. The zero-order valence-electron chi connectivity index (χ0n) is 17.1. The number of nitrogens with one attached hydrogen (secondary N) is 2. The minimum absolute atomic E-state index is 0.0487. The standard InChI is InChI=1S/C22H23N3O6/c1-30-18-9-3-2-8-17(18)22(29)23-13-21(28)31-14-19(26)24-15-6-4-7-16(12-15)25-11-5-10-20(25)27/h2-4,6-9,12H,5,10-11,13-14H2,1H3,(H,23,29)(H,24,26). The van der Waals surface area contributed by atoms with Crippen molar-refractivity contribution in [2.75, 3.05) is 37.0 Å². The molecule has 2 aromatic carbocycles. The average molecular weight is 425 g/mol. The van der Waals surface area contributed by atoms with E-state index in [2.05, 4.69) is 10.6 Å². The minimum Gasteiger partial charge on any atom is -0.496 e. The van der Waals surface area contributed by atoms with Gasteiger partial charge in [0, 0.05) is 24.3 Å². The second-order valence-electron chi connectivity index (χ2n) is 6.79. The molecule has 0 spiro atoms. The number of hydrogen-bond acceptors (Lipinski definition) is 6. The number of methoxy groups -OCH3 is 1. The van der Waals surface area contributed by atoms with Gasteiger partial charge in [0.05, 0.1) is 12.7 Å². The van der Waals surface area contributed by atoms with Crippen molar-refractivity contribution in [3.8, 4) is 5.75 Å². The van der Waals surface area contributed by atoms with Crippen LogP contribution in [0.25, 0.3) is 0 Å². The Morgan fingerprint density at radius 1 is 1.10 bits per heavy atom. The van der Waals surface area contributed by atoms with E-state index in [1.54, 1.807) is 53.4 Å². The van der Waals surface area contributed by atoms with Crippen LogP contribution in [-0.2, 0) is 19.1 Å². The van der Waals surface area contributed by atoms with Crippen LogP contribution in [0.5, 0.6) is 5.75 Å². The number of anilines is 2. The molecule has 1 aliphatic heterocycles. The summed E-state index contributed by atoms with van der Waals surface area (Å²) in [6, 6.07) is 13.5. The van der Waals surface area contributed by atoms with Gasteiger partial charge in [-0.2, -0.15) is 0 Å². The number of benzene rings is 2. The summed E-state index contributed by atoms with van der Waals surface area (Å²) in [5, 5.41) is 5.05. The monoisotopic (exact) mass is 425 g/mol. The molecule has 2 N–H and O–H groups in total. The molecule has 1 aliphatic rings. The lowest BCUT2D eigenvalue weighted by atomic mass is 10.2. The molecule has 0 saturated carbocycles. The summed E-state index contributed by atoms with van der Waals surface area (Å²) in [5.74, 6) is -1.35. The number of rotatable bonds is 8. The number of carbonyl (C=O) groups is 4. The van der Waals surface area contributed by atoms with Crippen LogP contribution < -0.4 is 20.3 Å². The third-order valence-electron chi connectivity index (χ3n) is 4.62. The molecule has 31 heavy (non-hydrogen) atoms. The van der Waals surface area contributed by atoms with Crippen molar-refractivity contribution < 1.29 is 28.7 Å². The fourth-order valence-corrected chi connectivity index (χ4v) is 3.15. The second-order valence-corrected chi connectivity index (χ2v) is 6.79. The maximum atomic E-state index is 12.2. The lowest BCUT2D eigenvalue weighted by Gasteiger charge is -2.16. The molecule has 1 heterocycles. The van der Waals surface area contributed by atoms with Crippen molar-refractivity contribution >= 4 is 35.1 Å². The summed E-state index contributed by atoms with van der Waals surface area (Å²) in [6.45, 7) is -0.249. The van der Waals surface area contributed by atoms with Crippen molar-refractivity contribution in [1.29, 1.82) is 0 Å². The van der Waals surface area contributed by atoms with E-state index in [1.807, 2.05) is 0 Å². The highest BCUT2D eigenvalue weighted by atomic mass is 16.5. The number of carbonyl (C=O) groups excluding carboxylic acids is 4. The van der Waals surface area contributed by atoms with Gasteiger partial charge in [-0.1, -0.05) is 18.2 Å². The van der Waals surface area contributed by atoms with E-state index in [-0.39, 0.29) is 11.5 Å². The Labute approximate surface area is 179 Å². The molecular weight excluding hydrogens is 402 g/mol. The summed E-state index contributed by atoms with van der Waals surface area (Å²) in [6.07, 6.45) is 1.32. The number of ether oxygens (including phenoxy) is 2. The Hall–Kier alpha value is -3.88. The summed E-state index contributed by atoms with van der Waals surface area (Å²) in [5.41, 5.74) is 1.48. The quantitative estimate of drug-likeness (QED) is 0.623. The third kappa shape index (κ3) is 5.81.